The van der Waals surface area contributed by atoms with Crippen LogP contribution in [-0.4, -0.2) is 62.5 Å². The van der Waals surface area contributed by atoms with Crippen LogP contribution in [-0.2, 0) is 9.59 Å². The highest BCUT2D eigenvalue weighted by atomic mass is 16.4. The third kappa shape index (κ3) is 5.60. The molecule has 2 aromatic rings. The van der Waals surface area contributed by atoms with Crippen molar-refractivity contribution in [3.8, 4) is 11.4 Å². The van der Waals surface area contributed by atoms with Crippen LogP contribution in [0.3, 0.4) is 0 Å². The summed E-state index contributed by atoms with van der Waals surface area (Å²) in [5.41, 5.74) is 3.25. The van der Waals surface area contributed by atoms with E-state index in [1.807, 2.05) is 12.1 Å². The number of pyridine rings is 1. The fraction of sp³-hybridized carbons (Fsp3) is 0.577. The second-order valence-electron chi connectivity index (χ2n) is 9.53. The maximum Gasteiger partial charge on any atom is 0.303 e. The summed E-state index contributed by atoms with van der Waals surface area (Å²) in [6.45, 7) is 6.96. The Morgan fingerprint density at radius 3 is 2.59 bits per heavy atom. The molecule has 2 N–H and O–H groups in total. The number of carbonyl (C=O) groups is 2. The molecular formula is C26H35N5O3. The number of carboxylic acids is 1. The number of piperidine rings is 3. The molecule has 0 aliphatic carbocycles. The van der Waals surface area contributed by atoms with E-state index in [1.165, 1.54) is 0 Å². The van der Waals surface area contributed by atoms with E-state index >= 15 is 0 Å². The van der Waals surface area contributed by atoms with Crippen LogP contribution in [0.25, 0.3) is 11.4 Å². The Morgan fingerprint density at radius 1 is 1.18 bits per heavy atom. The number of aromatic nitrogens is 3. The maximum absolute atomic E-state index is 12.0. The van der Waals surface area contributed by atoms with Crippen molar-refractivity contribution in [1.29, 1.82) is 0 Å². The van der Waals surface area contributed by atoms with Crippen LogP contribution < -0.4 is 5.32 Å². The molecule has 1 unspecified atom stereocenters. The molecule has 0 radical (unpaired) electrons. The monoisotopic (exact) mass is 465 g/mol. The quantitative estimate of drug-likeness (QED) is 0.552. The summed E-state index contributed by atoms with van der Waals surface area (Å²) in [6.07, 6.45) is 7.71. The van der Waals surface area contributed by atoms with Crippen molar-refractivity contribution < 1.29 is 14.7 Å². The third-order valence-electron chi connectivity index (χ3n) is 7.47. The van der Waals surface area contributed by atoms with Crippen LogP contribution in [0.5, 0.6) is 0 Å². The molecule has 0 spiro atoms. The number of hydrogen-bond acceptors (Lipinski definition) is 6. The number of nitrogens with one attached hydrogen (secondary N) is 1. The van der Waals surface area contributed by atoms with Gasteiger partial charge < -0.3 is 10.4 Å². The second-order valence-corrected chi connectivity index (χ2v) is 9.53. The molecule has 0 aromatic carbocycles. The van der Waals surface area contributed by atoms with E-state index in [1.54, 1.807) is 12.4 Å². The van der Waals surface area contributed by atoms with Gasteiger partial charge in [0.1, 0.15) is 0 Å². The van der Waals surface area contributed by atoms with Gasteiger partial charge >= 0.3 is 5.97 Å². The first-order chi connectivity index (χ1) is 16.5. The molecule has 3 aliphatic rings. The zero-order chi connectivity index (χ0) is 24.1. The Kier molecular flexibility index (Phi) is 7.88. The van der Waals surface area contributed by atoms with Gasteiger partial charge in [-0.25, -0.2) is 9.97 Å². The molecule has 3 saturated heterocycles. The van der Waals surface area contributed by atoms with Gasteiger partial charge in [0.2, 0.25) is 5.91 Å². The van der Waals surface area contributed by atoms with Crippen molar-refractivity contribution in [1.82, 2.24) is 25.2 Å². The van der Waals surface area contributed by atoms with E-state index in [2.05, 4.69) is 35.1 Å². The lowest BCUT2D eigenvalue weighted by Gasteiger charge is -2.49. The zero-order valence-corrected chi connectivity index (χ0v) is 20.1. The summed E-state index contributed by atoms with van der Waals surface area (Å²) in [5.74, 6) is 0.930. The average Bonchev–Trinajstić information content (AvgIpc) is 2.87. The van der Waals surface area contributed by atoms with E-state index < -0.39 is 5.97 Å². The van der Waals surface area contributed by atoms with Crippen LogP contribution in [0.1, 0.15) is 75.6 Å². The molecule has 0 saturated carbocycles. The van der Waals surface area contributed by atoms with Crippen LogP contribution in [0, 0.1) is 5.92 Å². The Labute approximate surface area is 201 Å². The summed E-state index contributed by atoms with van der Waals surface area (Å²) < 4.78 is 0. The normalized spacial score (nSPS) is 23.7. The summed E-state index contributed by atoms with van der Waals surface area (Å²) in [7, 11) is 0. The maximum atomic E-state index is 12.0. The Morgan fingerprint density at radius 2 is 1.94 bits per heavy atom. The number of fused-ring (bicyclic) bond motifs is 3. The molecular weight excluding hydrogens is 430 g/mol. The van der Waals surface area contributed by atoms with Crippen molar-refractivity contribution in [2.24, 2.45) is 5.92 Å². The molecule has 4 atom stereocenters. The van der Waals surface area contributed by atoms with Crippen molar-refractivity contribution in [2.45, 2.75) is 70.3 Å². The molecule has 3 fully saturated rings. The largest absolute Gasteiger partial charge is 0.481 e. The molecule has 2 bridgehead atoms. The summed E-state index contributed by atoms with van der Waals surface area (Å²) >= 11 is 0. The van der Waals surface area contributed by atoms with Crippen molar-refractivity contribution in [2.75, 3.05) is 19.6 Å². The number of carboxylic acid groups (broad SMARTS) is 1. The molecule has 34 heavy (non-hydrogen) atoms. The third-order valence-corrected chi connectivity index (χ3v) is 7.47. The molecule has 1 amide bonds. The molecule has 5 rings (SSSR count). The number of nitrogens with zero attached hydrogens (tertiary/aromatic N) is 4. The van der Waals surface area contributed by atoms with Gasteiger partial charge in [-0.15, -0.1) is 0 Å². The standard InChI is InChI=1S/C26H35N5O3/c1-3-17(4-2)22-14-23(30-26(29-22)18-7-10-27-11-8-18)21-16-31-12-9-19(21)13-20(31)15-28-24(32)5-6-25(33)34/h7-8,10-11,14,17,19-21H,3-6,9,12-13,15-16H2,1-2H3,(H,28,32)(H,33,34)/t19-,20+,21+/m0/s1. The first-order valence-corrected chi connectivity index (χ1v) is 12.5. The van der Waals surface area contributed by atoms with Gasteiger partial charge in [0, 0.05) is 66.7 Å². The van der Waals surface area contributed by atoms with Gasteiger partial charge in [-0.2, -0.15) is 0 Å². The Bertz CT molecular complexity index is 995. The summed E-state index contributed by atoms with van der Waals surface area (Å²) in [6, 6.07) is 6.46. The van der Waals surface area contributed by atoms with Crippen molar-refractivity contribution >= 4 is 11.9 Å². The van der Waals surface area contributed by atoms with Crippen LogP contribution in [0.4, 0.5) is 0 Å². The van der Waals surface area contributed by atoms with Crippen LogP contribution >= 0.6 is 0 Å². The summed E-state index contributed by atoms with van der Waals surface area (Å²) in [5, 5.41) is 11.7. The molecule has 8 heteroatoms. The zero-order valence-electron chi connectivity index (χ0n) is 20.1. The van der Waals surface area contributed by atoms with E-state index in [0.717, 1.165) is 61.5 Å². The Balaban J connectivity index is 1.51. The highest BCUT2D eigenvalue weighted by molar-refractivity contribution is 5.80. The number of aliphatic carboxylic acids is 1. The van der Waals surface area contributed by atoms with Crippen LogP contribution in [0.15, 0.2) is 30.6 Å². The predicted octanol–water partition coefficient (Wildman–Crippen LogP) is 3.60. The summed E-state index contributed by atoms with van der Waals surface area (Å²) in [4.78, 5) is 39.3. The molecule has 182 valence electrons. The number of hydrogen-bond donors (Lipinski definition) is 2. The predicted molar refractivity (Wildman–Crippen MR) is 129 cm³/mol. The van der Waals surface area contributed by atoms with Gasteiger partial charge in [0.15, 0.2) is 5.82 Å². The lowest BCUT2D eigenvalue weighted by molar-refractivity contribution is -0.138. The highest BCUT2D eigenvalue weighted by Crippen LogP contribution is 2.42. The fourth-order valence-electron chi connectivity index (χ4n) is 5.45. The second kappa shape index (κ2) is 11.0. The van der Waals surface area contributed by atoms with E-state index in [4.69, 9.17) is 15.1 Å². The average molecular weight is 466 g/mol. The SMILES string of the molecule is CCC(CC)c1cc([C@@H]2CN3CC[C@H]2C[C@@H]3CNC(=O)CCC(=O)O)nc(-c2ccncc2)n1. The number of amides is 1. The Hall–Kier alpha value is -2.87. The van der Waals surface area contributed by atoms with Gasteiger partial charge in [-0.05, 0) is 56.3 Å². The molecule has 8 nitrogen and oxygen atoms in total. The fourth-order valence-corrected chi connectivity index (χ4v) is 5.45. The van der Waals surface area contributed by atoms with E-state index in [-0.39, 0.29) is 18.7 Å². The van der Waals surface area contributed by atoms with Gasteiger partial charge in [0.25, 0.3) is 0 Å². The van der Waals surface area contributed by atoms with Gasteiger partial charge in [-0.1, -0.05) is 13.8 Å². The number of rotatable bonds is 10. The lowest BCUT2D eigenvalue weighted by Crippen LogP contribution is -2.56. The number of carbonyl (C=O) groups excluding carboxylic acids is 1. The van der Waals surface area contributed by atoms with Crippen molar-refractivity contribution in [3.63, 3.8) is 0 Å². The van der Waals surface area contributed by atoms with Crippen LogP contribution in [0.2, 0.25) is 0 Å². The van der Waals surface area contributed by atoms with E-state index in [9.17, 15) is 9.59 Å². The molecule has 2 aromatic heterocycles. The highest BCUT2D eigenvalue weighted by Gasteiger charge is 2.41. The van der Waals surface area contributed by atoms with E-state index in [0.29, 0.717) is 30.3 Å². The van der Waals surface area contributed by atoms with Gasteiger partial charge in [0.05, 0.1) is 6.42 Å². The first kappa shape index (κ1) is 24.3. The lowest BCUT2D eigenvalue weighted by atomic mass is 9.74. The van der Waals surface area contributed by atoms with Crippen molar-refractivity contribution in [3.05, 3.63) is 42.0 Å². The minimum absolute atomic E-state index is 0.0334. The first-order valence-electron chi connectivity index (χ1n) is 12.5. The topological polar surface area (TPSA) is 108 Å². The molecule has 3 aliphatic heterocycles. The molecule has 5 heterocycles. The minimum Gasteiger partial charge on any atom is -0.481 e. The minimum atomic E-state index is -0.942. The van der Waals surface area contributed by atoms with Gasteiger partial charge in [-0.3, -0.25) is 19.5 Å². The smallest absolute Gasteiger partial charge is 0.303 e.